The Balaban J connectivity index is 1.45. The van der Waals surface area contributed by atoms with Gasteiger partial charge >= 0.3 is 0 Å². The van der Waals surface area contributed by atoms with E-state index < -0.39 is 5.91 Å². The Kier molecular flexibility index (Phi) is 8.29. The number of ether oxygens (including phenoxy) is 1. The van der Waals surface area contributed by atoms with Crippen LogP contribution in [0.25, 0.3) is 0 Å². The van der Waals surface area contributed by atoms with E-state index in [2.05, 4.69) is 57.8 Å². The quantitative estimate of drug-likeness (QED) is 0.448. The van der Waals surface area contributed by atoms with Crippen LogP contribution >= 0.6 is 0 Å². The first-order valence-electron chi connectivity index (χ1n) is 10.8. The molecule has 0 bridgehead atoms. The highest BCUT2D eigenvalue weighted by molar-refractivity contribution is 5.80. The van der Waals surface area contributed by atoms with Crippen molar-refractivity contribution in [3.05, 3.63) is 65.7 Å². The van der Waals surface area contributed by atoms with Gasteiger partial charge in [-0.3, -0.25) is 14.7 Å². The van der Waals surface area contributed by atoms with Gasteiger partial charge in [0, 0.05) is 38.8 Å². The van der Waals surface area contributed by atoms with E-state index in [1.807, 2.05) is 24.3 Å². The van der Waals surface area contributed by atoms with E-state index >= 15 is 0 Å². The molecule has 4 N–H and O–H groups in total. The third-order valence-corrected chi connectivity index (χ3v) is 5.66. The van der Waals surface area contributed by atoms with Gasteiger partial charge in [-0.1, -0.05) is 42.5 Å². The molecule has 7 nitrogen and oxygen atoms in total. The van der Waals surface area contributed by atoms with Gasteiger partial charge in [0.25, 0.3) is 5.91 Å². The lowest BCUT2D eigenvalue weighted by atomic mass is 10.0. The molecule has 1 saturated heterocycles. The van der Waals surface area contributed by atoms with Gasteiger partial charge < -0.3 is 21.1 Å². The highest BCUT2D eigenvalue weighted by Gasteiger charge is 2.24. The van der Waals surface area contributed by atoms with Crippen LogP contribution in [0.4, 0.5) is 0 Å². The summed E-state index contributed by atoms with van der Waals surface area (Å²) in [7, 11) is 1.79. The van der Waals surface area contributed by atoms with Crippen molar-refractivity contribution >= 4 is 11.9 Å². The van der Waals surface area contributed by atoms with E-state index in [1.165, 1.54) is 5.56 Å². The van der Waals surface area contributed by atoms with E-state index in [9.17, 15) is 4.79 Å². The summed E-state index contributed by atoms with van der Waals surface area (Å²) in [5.41, 5.74) is 7.54. The van der Waals surface area contributed by atoms with Gasteiger partial charge in [-0.15, -0.1) is 0 Å². The maximum absolute atomic E-state index is 10.9. The van der Waals surface area contributed by atoms with Gasteiger partial charge in [0.1, 0.15) is 5.75 Å². The number of carbonyl (C=O) groups excluding carboxylic acids is 1. The van der Waals surface area contributed by atoms with Gasteiger partial charge in [-0.2, -0.15) is 0 Å². The summed E-state index contributed by atoms with van der Waals surface area (Å²) >= 11 is 0. The Morgan fingerprint density at radius 1 is 1.19 bits per heavy atom. The summed E-state index contributed by atoms with van der Waals surface area (Å²) in [5, 5.41) is 6.91. The molecule has 7 heteroatoms. The van der Waals surface area contributed by atoms with Crippen LogP contribution in [0.2, 0.25) is 0 Å². The molecule has 2 aromatic rings. The third-order valence-electron chi connectivity index (χ3n) is 5.66. The number of primary amides is 1. The molecule has 1 amide bonds. The fourth-order valence-electron chi connectivity index (χ4n) is 3.85. The van der Waals surface area contributed by atoms with E-state index in [0.29, 0.717) is 24.4 Å². The molecule has 3 rings (SSSR count). The lowest BCUT2D eigenvalue weighted by molar-refractivity contribution is -0.119. The zero-order valence-corrected chi connectivity index (χ0v) is 18.4. The van der Waals surface area contributed by atoms with Crippen LogP contribution in [-0.2, 0) is 11.3 Å². The summed E-state index contributed by atoms with van der Waals surface area (Å²) < 4.78 is 5.37. The maximum atomic E-state index is 10.9. The molecule has 2 aromatic carbocycles. The first-order valence-corrected chi connectivity index (χ1v) is 10.8. The van der Waals surface area contributed by atoms with Crippen molar-refractivity contribution in [2.75, 3.05) is 26.7 Å². The summed E-state index contributed by atoms with van der Waals surface area (Å²) in [5.74, 6) is 0.927. The number of nitrogens with zero attached hydrogens (tertiary/aromatic N) is 2. The summed E-state index contributed by atoms with van der Waals surface area (Å²) in [4.78, 5) is 17.8. The summed E-state index contributed by atoms with van der Waals surface area (Å²) in [6.45, 7) is 4.89. The Morgan fingerprint density at radius 2 is 1.94 bits per heavy atom. The molecule has 1 aliphatic heterocycles. The number of guanidine groups is 1. The standard InChI is InChI=1S/C24H33N5O2/c1-18(20-8-4-3-5-9-20)29-13-11-21(12-14-29)28-24(26-2)27-16-19-7-6-10-22(15-19)31-17-23(25)30/h3-10,15,18,21H,11-14,16-17H2,1-2H3,(H2,25,30)(H2,26,27,28). The zero-order valence-electron chi connectivity index (χ0n) is 18.4. The van der Waals surface area contributed by atoms with Gasteiger partial charge in [0.15, 0.2) is 12.6 Å². The van der Waals surface area contributed by atoms with Crippen LogP contribution in [0.1, 0.15) is 36.9 Å². The Morgan fingerprint density at radius 3 is 2.61 bits per heavy atom. The molecule has 0 saturated carbocycles. The van der Waals surface area contributed by atoms with Crippen molar-refractivity contribution < 1.29 is 9.53 Å². The van der Waals surface area contributed by atoms with Crippen LogP contribution in [-0.4, -0.2) is 49.6 Å². The fraction of sp³-hybridized carbons (Fsp3) is 0.417. The molecule has 0 radical (unpaired) electrons. The van der Waals surface area contributed by atoms with Crippen molar-refractivity contribution in [1.82, 2.24) is 15.5 Å². The largest absolute Gasteiger partial charge is 0.484 e. The highest BCUT2D eigenvalue weighted by Crippen LogP contribution is 2.24. The van der Waals surface area contributed by atoms with Crippen molar-refractivity contribution in [1.29, 1.82) is 0 Å². The summed E-state index contributed by atoms with van der Waals surface area (Å²) in [6.07, 6.45) is 2.16. The molecule has 1 heterocycles. The number of carbonyl (C=O) groups is 1. The second-order valence-electron chi connectivity index (χ2n) is 7.87. The molecule has 1 aliphatic rings. The predicted molar refractivity (Wildman–Crippen MR) is 124 cm³/mol. The zero-order chi connectivity index (χ0) is 22.1. The second kappa shape index (κ2) is 11.4. The third kappa shape index (κ3) is 7.00. The minimum atomic E-state index is -0.489. The highest BCUT2D eigenvalue weighted by atomic mass is 16.5. The number of nitrogens with one attached hydrogen (secondary N) is 2. The number of amides is 1. The van der Waals surface area contributed by atoms with Crippen LogP contribution < -0.4 is 21.1 Å². The van der Waals surface area contributed by atoms with Gasteiger partial charge in [0.2, 0.25) is 0 Å². The van der Waals surface area contributed by atoms with E-state index in [-0.39, 0.29) is 6.61 Å². The van der Waals surface area contributed by atoms with Crippen LogP contribution in [0.5, 0.6) is 5.75 Å². The topological polar surface area (TPSA) is 92.0 Å². The van der Waals surface area contributed by atoms with Crippen LogP contribution in [0.3, 0.4) is 0 Å². The monoisotopic (exact) mass is 423 g/mol. The fourth-order valence-corrected chi connectivity index (χ4v) is 3.85. The molecule has 1 fully saturated rings. The smallest absolute Gasteiger partial charge is 0.255 e. The van der Waals surface area contributed by atoms with E-state index in [4.69, 9.17) is 10.5 Å². The Labute approximate surface area is 184 Å². The number of nitrogens with two attached hydrogens (primary N) is 1. The molecule has 0 aliphatic carbocycles. The molecule has 1 unspecified atom stereocenters. The number of hydrogen-bond donors (Lipinski definition) is 3. The average molecular weight is 424 g/mol. The molecular weight excluding hydrogens is 390 g/mol. The Bertz CT molecular complexity index is 863. The number of aliphatic imine (C=N–C) groups is 1. The molecule has 31 heavy (non-hydrogen) atoms. The molecule has 0 spiro atoms. The van der Waals surface area contributed by atoms with Crippen LogP contribution in [0.15, 0.2) is 59.6 Å². The number of benzene rings is 2. The van der Waals surface area contributed by atoms with Crippen molar-refractivity contribution in [2.45, 2.75) is 38.4 Å². The number of likely N-dealkylation sites (tertiary alicyclic amines) is 1. The van der Waals surface area contributed by atoms with E-state index in [1.54, 1.807) is 7.05 Å². The number of piperidine rings is 1. The Hall–Kier alpha value is -3.06. The second-order valence-corrected chi connectivity index (χ2v) is 7.87. The van der Waals surface area contributed by atoms with Crippen LogP contribution in [0, 0.1) is 0 Å². The van der Waals surface area contributed by atoms with Gasteiger partial charge in [0.05, 0.1) is 0 Å². The number of rotatable bonds is 8. The van der Waals surface area contributed by atoms with Crippen molar-refractivity contribution in [2.24, 2.45) is 10.7 Å². The van der Waals surface area contributed by atoms with Gasteiger partial charge in [-0.25, -0.2) is 0 Å². The summed E-state index contributed by atoms with van der Waals surface area (Å²) in [6, 6.07) is 19.1. The first-order chi connectivity index (χ1) is 15.0. The van der Waals surface area contributed by atoms with Crippen molar-refractivity contribution in [3.8, 4) is 5.75 Å². The predicted octanol–water partition coefficient (Wildman–Crippen LogP) is 2.44. The maximum Gasteiger partial charge on any atom is 0.255 e. The van der Waals surface area contributed by atoms with Crippen molar-refractivity contribution in [3.63, 3.8) is 0 Å². The minimum Gasteiger partial charge on any atom is -0.484 e. The lowest BCUT2D eigenvalue weighted by Crippen LogP contribution is -2.48. The average Bonchev–Trinajstić information content (AvgIpc) is 2.81. The normalized spacial score (nSPS) is 16.5. The lowest BCUT2D eigenvalue weighted by Gasteiger charge is -2.37. The molecule has 0 aromatic heterocycles. The molecule has 166 valence electrons. The SMILES string of the molecule is CN=C(NCc1cccc(OCC(N)=O)c1)NC1CCN(C(C)c2ccccc2)CC1. The van der Waals surface area contributed by atoms with Gasteiger partial charge in [-0.05, 0) is 43.0 Å². The number of hydrogen-bond acceptors (Lipinski definition) is 4. The molecular formula is C24H33N5O2. The van der Waals surface area contributed by atoms with E-state index in [0.717, 1.165) is 37.5 Å². The first kappa shape index (κ1) is 22.6. The molecule has 1 atom stereocenters. The minimum absolute atomic E-state index is 0.123.